The standard InChI is InChI=1S/C18H35BrO2/c1-2-3-4-5-6-7-8-9-10-14-17-21-18(20)15-12-11-13-16-19/h2-17H2,1H3. The number of rotatable bonds is 16. The lowest BCUT2D eigenvalue weighted by Crippen LogP contribution is -2.05. The Hall–Kier alpha value is -0.0500. The van der Waals surface area contributed by atoms with E-state index in [2.05, 4.69) is 22.9 Å². The zero-order valence-corrected chi connectivity index (χ0v) is 15.6. The average molecular weight is 363 g/mol. The molecule has 126 valence electrons. The second-order valence-electron chi connectivity index (χ2n) is 5.90. The van der Waals surface area contributed by atoms with Crippen LogP contribution in [0.15, 0.2) is 0 Å². The lowest BCUT2D eigenvalue weighted by molar-refractivity contribution is -0.143. The minimum absolute atomic E-state index is 0.0134. The molecule has 2 nitrogen and oxygen atoms in total. The zero-order valence-electron chi connectivity index (χ0n) is 14.0. The van der Waals surface area contributed by atoms with Crippen LogP contribution in [-0.4, -0.2) is 17.9 Å². The van der Waals surface area contributed by atoms with E-state index < -0.39 is 0 Å². The van der Waals surface area contributed by atoms with Crippen LogP contribution < -0.4 is 0 Å². The molecule has 0 spiro atoms. The number of alkyl halides is 1. The minimum atomic E-state index is -0.0134. The van der Waals surface area contributed by atoms with Crippen molar-refractivity contribution in [2.45, 2.75) is 96.8 Å². The molecular weight excluding hydrogens is 328 g/mol. The maximum Gasteiger partial charge on any atom is 0.305 e. The lowest BCUT2D eigenvalue weighted by Gasteiger charge is -2.05. The summed E-state index contributed by atoms with van der Waals surface area (Å²) < 4.78 is 5.24. The Morgan fingerprint density at radius 2 is 1.29 bits per heavy atom. The van der Waals surface area contributed by atoms with E-state index in [1.807, 2.05) is 0 Å². The third-order valence-electron chi connectivity index (χ3n) is 3.78. The Morgan fingerprint density at radius 3 is 1.86 bits per heavy atom. The van der Waals surface area contributed by atoms with Gasteiger partial charge in [0, 0.05) is 11.8 Å². The van der Waals surface area contributed by atoms with Crippen molar-refractivity contribution in [1.82, 2.24) is 0 Å². The number of hydrogen-bond acceptors (Lipinski definition) is 2. The first-order valence-corrected chi connectivity index (χ1v) is 10.1. The number of carbonyl (C=O) groups is 1. The van der Waals surface area contributed by atoms with Crippen molar-refractivity contribution >= 4 is 21.9 Å². The van der Waals surface area contributed by atoms with Gasteiger partial charge in [0.1, 0.15) is 0 Å². The molecule has 0 aromatic heterocycles. The SMILES string of the molecule is CCCCCCCCCCCCOC(=O)CCCCCBr. The average Bonchev–Trinajstić information content (AvgIpc) is 2.49. The van der Waals surface area contributed by atoms with Crippen LogP contribution in [0, 0.1) is 0 Å². The predicted octanol–water partition coefficient (Wildman–Crippen LogP) is 6.41. The van der Waals surface area contributed by atoms with E-state index >= 15 is 0 Å². The van der Waals surface area contributed by atoms with Gasteiger partial charge < -0.3 is 4.74 Å². The third-order valence-corrected chi connectivity index (χ3v) is 4.34. The molecule has 0 aliphatic rings. The van der Waals surface area contributed by atoms with Crippen LogP contribution in [-0.2, 0) is 9.53 Å². The van der Waals surface area contributed by atoms with Gasteiger partial charge in [0.25, 0.3) is 0 Å². The molecule has 0 amide bonds. The van der Waals surface area contributed by atoms with Gasteiger partial charge in [-0.25, -0.2) is 0 Å². The summed E-state index contributed by atoms with van der Waals surface area (Å²) in [7, 11) is 0. The Balaban J connectivity index is 3.09. The van der Waals surface area contributed by atoms with Gasteiger partial charge in [0.2, 0.25) is 0 Å². The van der Waals surface area contributed by atoms with Crippen LogP contribution in [0.2, 0.25) is 0 Å². The Bertz CT molecular complexity index is 219. The van der Waals surface area contributed by atoms with Gasteiger partial charge in [-0.2, -0.15) is 0 Å². The molecule has 0 saturated carbocycles. The molecule has 0 atom stereocenters. The van der Waals surface area contributed by atoms with Crippen LogP contribution in [0.5, 0.6) is 0 Å². The zero-order chi connectivity index (χ0) is 15.6. The van der Waals surface area contributed by atoms with E-state index in [9.17, 15) is 4.79 Å². The quantitative estimate of drug-likeness (QED) is 0.180. The van der Waals surface area contributed by atoms with Gasteiger partial charge in [-0.3, -0.25) is 4.79 Å². The van der Waals surface area contributed by atoms with E-state index in [4.69, 9.17) is 4.74 Å². The van der Waals surface area contributed by atoms with Gasteiger partial charge in [-0.1, -0.05) is 87.1 Å². The first-order valence-electron chi connectivity index (χ1n) is 9.02. The summed E-state index contributed by atoms with van der Waals surface area (Å²) in [6.07, 6.45) is 17.0. The molecule has 0 bridgehead atoms. The van der Waals surface area contributed by atoms with Crippen molar-refractivity contribution in [3.8, 4) is 0 Å². The third kappa shape index (κ3) is 17.9. The maximum absolute atomic E-state index is 11.4. The number of hydrogen-bond donors (Lipinski definition) is 0. The van der Waals surface area contributed by atoms with Crippen LogP contribution in [0.1, 0.15) is 96.8 Å². The summed E-state index contributed by atoms with van der Waals surface area (Å²) in [4.78, 5) is 11.4. The monoisotopic (exact) mass is 362 g/mol. The first kappa shape index (κ1) is 20.9. The fraction of sp³-hybridized carbons (Fsp3) is 0.944. The Labute approximate surface area is 140 Å². The molecule has 0 radical (unpaired) electrons. The minimum Gasteiger partial charge on any atom is -0.466 e. The molecular formula is C18H35BrO2. The van der Waals surface area contributed by atoms with E-state index in [1.165, 1.54) is 57.8 Å². The van der Waals surface area contributed by atoms with Crippen LogP contribution in [0.4, 0.5) is 0 Å². The van der Waals surface area contributed by atoms with E-state index in [1.54, 1.807) is 0 Å². The fourth-order valence-electron chi connectivity index (χ4n) is 2.39. The molecule has 0 heterocycles. The highest BCUT2D eigenvalue weighted by Gasteiger charge is 2.02. The molecule has 21 heavy (non-hydrogen) atoms. The summed E-state index contributed by atoms with van der Waals surface area (Å²) >= 11 is 3.39. The summed E-state index contributed by atoms with van der Waals surface area (Å²) in [5, 5.41) is 1.03. The second-order valence-corrected chi connectivity index (χ2v) is 6.70. The molecule has 0 aliphatic heterocycles. The molecule has 3 heteroatoms. The number of halogens is 1. The van der Waals surface area contributed by atoms with Gasteiger partial charge in [0.15, 0.2) is 0 Å². The Kier molecular flexibility index (Phi) is 18.0. The molecule has 0 aromatic carbocycles. The van der Waals surface area contributed by atoms with Crippen molar-refractivity contribution in [1.29, 1.82) is 0 Å². The molecule has 0 aliphatic carbocycles. The highest BCUT2D eigenvalue weighted by molar-refractivity contribution is 9.09. The fourth-order valence-corrected chi connectivity index (χ4v) is 2.78. The number of unbranched alkanes of at least 4 members (excludes halogenated alkanes) is 11. The van der Waals surface area contributed by atoms with Gasteiger partial charge in [-0.15, -0.1) is 0 Å². The van der Waals surface area contributed by atoms with E-state index in [0.29, 0.717) is 13.0 Å². The number of ether oxygens (including phenoxy) is 1. The van der Waals surface area contributed by atoms with Gasteiger partial charge >= 0.3 is 5.97 Å². The summed E-state index contributed by atoms with van der Waals surface area (Å²) in [6, 6.07) is 0. The molecule has 0 rings (SSSR count). The summed E-state index contributed by atoms with van der Waals surface area (Å²) in [5.41, 5.74) is 0. The molecule has 0 aromatic rings. The van der Waals surface area contributed by atoms with Crippen molar-refractivity contribution in [2.75, 3.05) is 11.9 Å². The van der Waals surface area contributed by atoms with Crippen molar-refractivity contribution in [3.63, 3.8) is 0 Å². The second kappa shape index (κ2) is 18.0. The highest BCUT2D eigenvalue weighted by Crippen LogP contribution is 2.10. The largest absolute Gasteiger partial charge is 0.466 e. The normalized spacial score (nSPS) is 10.8. The van der Waals surface area contributed by atoms with Gasteiger partial charge in [-0.05, 0) is 19.3 Å². The Morgan fingerprint density at radius 1 is 0.762 bits per heavy atom. The lowest BCUT2D eigenvalue weighted by atomic mass is 10.1. The van der Waals surface area contributed by atoms with Crippen molar-refractivity contribution in [2.24, 2.45) is 0 Å². The first-order chi connectivity index (χ1) is 10.3. The molecule has 0 N–H and O–H groups in total. The topological polar surface area (TPSA) is 26.3 Å². The summed E-state index contributed by atoms with van der Waals surface area (Å²) in [5.74, 6) is -0.0134. The molecule has 0 unspecified atom stereocenters. The highest BCUT2D eigenvalue weighted by atomic mass is 79.9. The number of esters is 1. The summed E-state index contributed by atoms with van der Waals surface area (Å²) in [6.45, 7) is 2.88. The van der Waals surface area contributed by atoms with Crippen LogP contribution in [0.25, 0.3) is 0 Å². The predicted molar refractivity (Wildman–Crippen MR) is 95.1 cm³/mol. The van der Waals surface area contributed by atoms with Crippen molar-refractivity contribution in [3.05, 3.63) is 0 Å². The smallest absolute Gasteiger partial charge is 0.305 e. The van der Waals surface area contributed by atoms with Crippen LogP contribution in [0.3, 0.4) is 0 Å². The van der Waals surface area contributed by atoms with E-state index in [0.717, 1.165) is 31.0 Å². The van der Waals surface area contributed by atoms with E-state index in [-0.39, 0.29) is 5.97 Å². The maximum atomic E-state index is 11.4. The van der Waals surface area contributed by atoms with Gasteiger partial charge in [0.05, 0.1) is 6.61 Å². The van der Waals surface area contributed by atoms with Crippen LogP contribution >= 0.6 is 15.9 Å². The number of carbonyl (C=O) groups excluding carboxylic acids is 1. The molecule has 0 fully saturated rings. The van der Waals surface area contributed by atoms with Crippen molar-refractivity contribution < 1.29 is 9.53 Å². The molecule has 0 saturated heterocycles.